The fourth-order valence-corrected chi connectivity index (χ4v) is 4.41. The first kappa shape index (κ1) is 14.3. The number of aliphatic hydroxyl groups excluding tert-OH is 1. The van der Waals surface area contributed by atoms with Crippen LogP contribution in [0.1, 0.15) is 17.2 Å². The van der Waals surface area contributed by atoms with Crippen LogP contribution in [0.4, 0.5) is 5.69 Å². The largest absolute Gasteiger partial charge is 0.387 e. The minimum Gasteiger partial charge on any atom is -0.387 e. The quantitative estimate of drug-likeness (QED) is 0.947. The van der Waals surface area contributed by atoms with Gasteiger partial charge in [0.1, 0.15) is 0 Å². The molecule has 0 aliphatic carbocycles. The number of rotatable bonds is 3. The van der Waals surface area contributed by atoms with E-state index in [4.69, 9.17) is 0 Å². The van der Waals surface area contributed by atoms with E-state index in [1.807, 2.05) is 67.5 Å². The molecule has 2 aromatic rings. The van der Waals surface area contributed by atoms with Gasteiger partial charge in [0.2, 0.25) is 0 Å². The molecule has 0 spiro atoms. The minimum absolute atomic E-state index is 0.257. The zero-order valence-electron chi connectivity index (χ0n) is 12.2. The summed E-state index contributed by atoms with van der Waals surface area (Å²) >= 11 is 0. The van der Waals surface area contributed by atoms with Crippen molar-refractivity contribution in [3.05, 3.63) is 59.7 Å². The summed E-state index contributed by atoms with van der Waals surface area (Å²) in [5.74, 6) is 0. The molecule has 1 aliphatic rings. The van der Waals surface area contributed by atoms with Crippen LogP contribution in [0.2, 0.25) is 0 Å². The van der Waals surface area contributed by atoms with E-state index in [0.29, 0.717) is 6.42 Å². The molecule has 1 heterocycles. The van der Waals surface area contributed by atoms with Gasteiger partial charge in [-0.2, -0.15) is 0 Å². The number of hydrogen-bond acceptors (Lipinski definition) is 3. The third kappa shape index (κ3) is 2.61. The molecule has 21 heavy (non-hydrogen) atoms. The highest BCUT2D eigenvalue weighted by molar-refractivity contribution is 7.86. The second kappa shape index (κ2) is 5.62. The Labute approximate surface area is 127 Å². The Morgan fingerprint density at radius 2 is 1.81 bits per heavy atom. The van der Waals surface area contributed by atoms with Gasteiger partial charge in [-0.15, -0.1) is 0 Å². The van der Waals surface area contributed by atoms with Crippen LogP contribution < -0.4 is 4.90 Å². The van der Waals surface area contributed by atoms with Gasteiger partial charge < -0.3 is 10.0 Å². The van der Waals surface area contributed by atoms with Crippen molar-refractivity contribution in [2.45, 2.75) is 22.7 Å². The lowest BCUT2D eigenvalue weighted by Gasteiger charge is -2.19. The van der Waals surface area contributed by atoms with Crippen molar-refractivity contribution in [1.82, 2.24) is 0 Å². The monoisotopic (exact) mass is 301 g/mol. The Bertz CT molecular complexity index is 667. The highest BCUT2D eigenvalue weighted by Gasteiger charge is 2.34. The summed E-state index contributed by atoms with van der Waals surface area (Å²) in [5, 5.41) is 10.3. The van der Waals surface area contributed by atoms with E-state index in [0.717, 1.165) is 21.7 Å². The van der Waals surface area contributed by atoms with Crippen LogP contribution >= 0.6 is 0 Å². The highest BCUT2D eigenvalue weighted by Crippen LogP contribution is 2.35. The lowest BCUT2D eigenvalue weighted by molar-refractivity contribution is 0.173. The second-order valence-corrected chi connectivity index (χ2v) is 7.22. The van der Waals surface area contributed by atoms with Gasteiger partial charge in [-0.1, -0.05) is 30.3 Å². The molecule has 3 rings (SSSR count). The molecule has 0 fully saturated rings. The van der Waals surface area contributed by atoms with Crippen LogP contribution in [-0.4, -0.2) is 28.7 Å². The van der Waals surface area contributed by atoms with Gasteiger partial charge in [0, 0.05) is 24.7 Å². The number of fused-ring (bicyclic) bond motifs is 1. The summed E-state index contributed by atoms with van der Waals surface area (Å²) in [4.78, 5) is 2.88. The molecule has 3 atom stereocenters. The SMILES string of the molecule is CN(C)c1ccc([C@@H](O)[C@H]2Cc3ccccc3S2=O)cc1. The summed E-state index contributed by atoms with van der Waals surface area (Å²) in [5.41, 5.74) is 3.00. The molecule has 2 aromatic carbocycles. The standard InChI is InChI=1S/C17H19NO2S/c1-18(2)14-9-7-12(8-10-14)17(19)16-11-13-5-3-4-6-15(13)21(16)20/h3-10,16-17,19H,11H2,1-2H3/t16-,17-,21?/m1/s1. The first-order valence-corrected chi connectivity index (χ1v) is 8.23. The normalized spacial score (nSPS) is 21.9. The van der Waals surface area contributed by atoms with Crippen LogP contribution in [0.5, 0.6) is 0 Å². The average molecular weight is 301 g/mol. The molecule has 3 nitrogen and oxygen atoms in total. The fraction of sp³-hybridized carbons (Fsp3) is 0.294. The van der Waals surface area contributed by atoms with Crippen LogP contribution in [0.25, 0.3) is 0 Å². The van der Waals surface area contributed by atoms with E-state index in [2.05, 4.69) is 0 Å². The maximum absolute atomic E-state index is 12.5. The van der Waals surface area contributed by atoms with Crippen LogP contribution in [0, 0.1) is 0 Å². The molecule has 0 aromatic heterocycles. The average Bonchev–Trinajstić information content (AvgIpc) is 2.84. The lowest BCUT2D eigenvalue weighted by atomic mass is 10.0. The highest BCUT2D eigenvalue weighted by atomic mass is 32.2. The lowest BCUT2D eigenvalue weighted by Crippen LogP contribution is -2.21. The molecule has 1 N–H and O–H groups in total. The maximum atomic E-state index is 12.5. The molecule has 1 unspecified atom stereocenters. The van der Waals surface area contributed by atoms with Crippen LogP contribution in [0.15, 0.2) is 53.4 Å². The first-order chi connectivity index (χ1) is 10.1. The zero-order chi connectivity index (χ0) is 15.0. The van der Waals surface area contributed by atoms with Crippen molar-refractivity contribution < 1.29 is 9.32 Å². The number of nitrogens with zero attached hydrogens (tertiary/aromatic N) is 1. The molecule has 110 valence electrons. The predicted octanol–water partition coefficient (Wildman–Crippen LogP) is 2.52. The molecule has 0 amide bonds. The van der Waals surface area contributed by atoms with E-state index in [-0.39, 0.29) is 5.25 Å². The van der Waals surface area contributed by atoms with Gasteiger partial charge in [-0.25, -0.2) is 0 Å². The summed E-state index contributed by atoms with van der Waals surface area (Å²) in [6.07, 6.45) is -0.0335. The van der Waals surface area contributed by atoms with Crippen LogP contribution in [0.3, 0.4) is 0 Å². The summed E-state index contributed by atoms with van der Waals surface area (Å²) < 4.78 is 12.5. The van der Waals surface area contributed by atoms with E-state index in [1.165, 1.54) is 0 Å². The second-order valence-electron chi connectivity index (χ2n) is 5.58. The van der Waals surface area contributed by atoms with Crippen molar-refractivity contribution >= 4 is 16.5 Å². The van der Waals surface area contributed by atoms with Gasteiger partial charge in [-0.3, -0.25) is 4.21 Å². The molecule has 0 saturated carbocycles. The third-order valence-corrected chi connectivity index (χ3v) is 5.79. The maximum Gasteiger partial charge on any atom is 0.0940 e. The Morgan fingerprint density at radius 1 is 1.14 bits per heavy atom. The molecule has 0 radical (unpaired) electrons. The topological polar surface area (TPSA) is 40.5 Å². The van der Waals surface area contributed by atoms with Crippen molar-refractivity contribution in [3.63, 3.8) is 0 Å². The van der Waals surface area contributed by atoms with Gasteiger partial charge in [0.15, 0.2) is 0 Å². The Balaban J connectivity index is 1.84. The number of anilines is 1. The van der Waals surface area contributed by atoms with Crippen molar-refractivity contribution in [2.75, 3.05) is 19.0 Å². The van der Waals surface area contributed by atoms with Gasteiger partial charge in [0.05, 0.1) is 22.2 Å². The smallest absolute Gasteiger partial charge is 0.0940 e. The fourth-order valence-electron chi connectivity index (χ4n) is 2.74. The zero-order valence-corrected chi connectivity index (χ0v) is 13.0. The molecule has 1 aliphatic heterocycles. The number of benzene rings is 2. The van der Waals surface area contributed by atoms with Gasteiger partial charge in [-0.05, 0) is 35.7 Å². The van der Waals surface area contributed by atoms with Crippen molar-refractivity contribution in [3.8, 4) is 0 Å². The molecule has 4 heteroatoms. The minimum atomic E-state index is -1.14. The summed E-state index contributed by atoms with van der Waals surface area (Å²) in [7, 11) is 2.82. The molecule has 0 saturated heterocycles. The molecule has 0 bridgehead atoms. The first-order valence-electron chi connectivity index (χ1n) is 7.02. The molecular formula is C17H19NO2S. The van der Waals surface area contributed by atoms with Gasteiger partial charge in [0.25, 0.3) is 0 Å². The van der Waals surface area contributed by atoms with Crippen molar-refractivity contribution in [2.24, 2.45) is 0 Å². The Morgan fingerprint density at radius 3 is 2.43 bits per heavy atom. The van der Waals surface area contributed by atoms with E-state index in [9.17, 15) is 9.32 Å². The number of hydrogen-bond donors (Lipinski definition) is 1. The van der Waals surface area contributed by atoms with E-state index < -0.39 is 16.9 Å². The summed E-state index contributed by atoms with van der Waals surface area (Å²) in [6.45, 7) is 0. The summed E-state index contributed by atoms with van der Waals surface area (Å²) in [6, 6.07) is 15.5. The van der Waals surface area contributed by atoms with Gasteiger partial charge >= 0.3 is 0 Å². The van der Waals surface area contributed by atoms with Crippen molar-refractivity contribution in [1.29, 1.82) is 0 Å². The predicted molar refractivity (Wildman–Crippen MR) is 86.1 cm³/mol. The molecular weight excluding hydrogens is 282 g/mol. The number of aliphatic hydroxyl groups is 1. The Kier molecular flexibility index (Phi) is 3.83. The third-order valence-electron chi connectivity index (χ3n) is 3.99. The van der Waals surface area contributed by atoms with E-state index >= 15 is 0 Å². The van der Waals surface area contributed by atoms with E-state index in [1.54, 1.807) is 0 Å². The Hall–Kier alpha value is -1.65. The van der Waals surface area contributed by atoms with Crippen LogP contribution in [-0.2, 0) is 17.2 Å².